The first-order valence-corrected chi connectivity index (χ1v) is 6.40. The Bertz CT molecular complexity index is 637. The summed E-state index contributed by atoms with van der Waals surface area (Å²) in [5, 5.41) is 13.2. The number of aliphatic hydroxyl groups excluding tert-OH is 1. The van der Waals surface area contributed by atoms with Crippen molar-refractivity contribution >= 4 is 16.7 Å². The first-order valence-electron chi connectivity index (χ1n) is 6.40. The van der Waals surface area contributed by atoms with Gasteiger partial charge in [-0.25, -0.2) is 0 Å². The lowest BCUT2D eigenvalue weighted by molar-refractivity contribution is -0.00000521. The van der Waals surface area contributed by atoms with E-state index in [1.165, 1.54) is 5.52 Å². The van der Waals surface area contributed by atoms with E-state index in [0.717, 1.165) is 35.8 Å². The molecule has 3 rings (SSSR count). The fourth-order valence-corrected chi connectivity index (χ4v) is 2.48. The molecule has 0 atom stereocenters. The molecule has 1 aliphatic heterocycles. The summed E-state index contributed by atoms with van der Waals surface area (Å²) in [6, 6.07) is 8.19. The Balaban J connectivity index is 0.00000147. The highest BCUT2D eigenvalue weighted by molar-refractivity contribution is 6.02. The monoisotopic (exact) mass is 294 g/mol. The number of aromatic nitrogens is 1. The van der Waals surface area contributed by atoms with Crippen molar-refractivity contribution in [1.82, 2.24) is 9.88 Å². The van der Waals surface area contributed by atoms with Crippen LogP contribution in [0.15, 0.2) is 29.3 Å². The van der Waals surface area contributed by atoms with Crippen molar-refractivity contribution < 1.29 is 22.3 Å². The molecular formula is C14H17ClN3O2-. The van der Waals surface area contributed by atoms with Crippen LogP contribution in [0.4, 0.5) is 0 Å². The van der Waals surface area contributed by atoms with E-state index in [0.29, 0.717) is 6.54 Å². The average molecular weight is 295 g/mol. The van der Waals surface area contributed by atoms with Crippen LogP contribution >= 0.6 is 0 Å². The number of aliphatic hydroxyl groups is 1. The third kappa shape index (κ3) is 2.46. The molecule has 0 aliphatic carbocycles. The predicted molar refractivity (Wildman–Crippen MR) is 75.0 cm³/mol. The van der Waals surface area contributed by atoms with Gasteiger partial charge in [-0.05, 0) is 24.3 Å². The summed E-state index contributed by atoms with van der Waals surface area (Å²) < 4.78 is 7.51. The summed E-state index contributed by atoms with van der Waals surface area (Å²) in [7, 11) is 1.67. The SMILES string of the molecule is COc1ccc2c(c1)cc1n2CCN=C1NCCO.[Cl-]. The highest BCUT2D eigenvalue weighted by atomic mass is 35.5. The molecule has 1 aliphatic rings. The number of amidine groups is 1. The number of hydrogen-bond donors (Lipinski definition) is 2. The van der Waals surface area contributed by atoms with Gasteiger partial charge in [0, 0.05) is 24.0 Å². The zero-order chi connectivity index (χ0) is 13.2. The third-order valence-electron chi connectivity index (χ3n) is 3.35. The number of rotatable bonds is 3. The molecule has 2 heterocycles. The fourth-order valence-electron chi connectivity index (χ4n) is 2.48. The zero-order valence-electron chi connectivity index (χ0n) is 11.3. The van der Waals surface area contributed by atoms with Crippen LogP contribution < -0.4 is 22.5 Å². The Kier molecular flexibility index (Phi) is 4.52. The van der Waals surface area contributed by atoms with Gasteiger partial charge in [0.15, 0.2) is 0 Å². The van der Waals surface area contributed by atoms with Crippen LogP contribution in [-0.2, 0) is 6.54 Å². The molecule has 6 heteroatoms. The van der Waals surface area contributed by atoms with E-state index in [2.05, 4.69) is 27.0 Å². The second-order valence-corrected chi connectivity index (χ2v) is 4.49. The van der Waals surface area contributed by atoms with E-state index in [-0.39, 0.29) is 19.0 Å². The molecule has 0 saturated heterocycles. The maximum Gasteiger partial charge on any atom is 0.145 e. The minimum absolute atomic E-state index is 0. The van der Waals surface area contributed by atoms with Gasteiger partial charge in [0.1, 0.15) is 11.6 Å². The van der Waals surface area contributed by atoms with Crippen LogP contribution in [0, 0.1) is 0 Å². The Labute approximate surface area is 123 Å². The number of ether oxygens (including phenoxy) is 1. The summed E-state index contributed by atoms with van der Waals surface area (Å²) >= 11 is 0. The summed E-state index contributed by atoms with van der Waals surface area (Å²) in [5.74, 6) is 1.72. The van der Waals surface area contributed by atoms with E-state index >= 15 is 0 Å². The minimum atomic E-state index is 0. The molecule has 0 bridgehead atoms. The lowest BCUT2D eigenvalue weighted by atomic mass is 10.2. The number of fused-ring (bicyclic) bond motifs is 3. The van der Waals surface area contributed by atoms with Crippen LogP contribution in [0.2, 0.25) is 0 Å². The Morgan fingerprint density at radius 3 is 3.00 bits per heavy atom. The van der Waals surface area contributed by atoms with Crippen LogP contribution in [0.3, 0.4) is 0 Å². The molecule has 0 radical (unpaired) electrons. The number of nitrogens with zero attached hydrogens (tertiary/aromatic N) is 2. The van der Waals surface area contributed by atoms with Gasteiger partial charge in [-0.2, -0.15) is 0 Å². The standard InChI is InChI=1S/C14H17N3O2.ClH/c1-19-11-2-3-12-10(8-11)9-13-14(16-5-7-18)15-4-6-17(12)13;/h2-3,8-9,18H,4-7H2,1H3,(H,15,16);1H/p-1. The highest BCUT2D eigenvalue weighted by Gasteiger charge is 2.17. The molecule has 108 valence electrons. The van der Waals surface area contributed by atoms with Gasteiger partial charge in [-0.3, -0.25) is 4.99 Å². The lowest BCUT2D eigenvalue weighted by Gasteiger charge is -2.17. The number of halogens is 1. The molecule has 0 spiro atoms. The number of benzene rings is 1. The molecule has 1 aromatic carbocycles. The topological polar surface area (TPSA) is 58.8 Å². The first kappa shape index (κ1) is 14.7. The van der Waals surface area contributed by atoms with E-state index in [1.54, 1.807) is 7.11 Å². The molecule has 2 aromatic rings. The normalized spacial score (nSPS) is 13.4. The molecule has 0 fully saturated rings. The zero-order valence-corrected chi connectivity index (χ0v) is 12.0. The van der Waals surface area contributed by atoms with Crippen molar-refractivity contribution in [1.29, 1.82) is 0 Å². The summed E-state index contributed by atoms with van der Waals surface area (Å²) in [6.45, 7) is 2.27. The van der Waals surface area contributed by atoms with Crippen LogP contribution in [0.25, 0.3) is 10.9 Å². The molecule has 0 saturated carbocycles. The van der Waals surface area contributed by atoms with Gasteiger partial charge >= 0.3 is 0 Å². The summed E-state index contributed by atoms with van der Waals surface area (Å²) in [4.78, 5) is 4.49. The molecular weight excluding hydrogens is 278 g/mol. The third-order valence-corrected chi connectivity index (χ3v) is 3.35. The van der Waals surface area contributed by atoms with Crippen molar-refractivity contribution in [3.8, 4) is 5.75 Å². The minimum Gasteiger partial charge on any atom is -1.00 e. The smallest absolute Gasteiger partial charge is 0.145 e. The molecule has 2 N–H and O–H groups in total. The Morgan fingerprint density at radius 1 is 1.40 bits per heavy atom. The quantitative estimate of drug-likeness (QED) is 0.688. The van der Waals surface area contributed by atoms with Crippen LogP contribution in [0.1, 0.15) is 5.69 Å². The van der Waals surface area contributed by atoms with Crippen LogP contribution in [0.5, 0.6) is 5.75 Å². The van der Waals surface area contributed by atoms with Gasteiger partial charge < -0.3 is 32.1 Å². The van der Waals surface area contributed by atoms with Gasteiger partial charge in [-0.15, -0.1) is 0 Å². The van der Waals surface area contributed by atoms with Gasteiger partial charge in [0.05, 0.1) is 26.0 Å². The summed E-state index contributed by atoms with van der Waals surface area (Å²) in [6.07, 6.45) is 0. The molecule has 20 heavy (non-hydrogen) atoms. The van der Waals surface area contributed by atoms with E-state index < -0.39 is 0 Å². The van der Waals surface area contributed by atoms with Gasteiger partial charge in [0.2, 0.25) is 0 Å². The number of nitrogens with one attached hydrogen (secondary N) is 1. The lowest BCUT2D eigenvalue weighted by Crippen LogP contribution is -3.00. The molecule has 5 nitrogen and oxygen atoms in total. The largest absolute Gasteiger partial charge is 1.00 e. The van der Waals surface area contributed by atoms with E-state index in [1.807, 2.05) is 12.1 Å². The average Bonchev–Trinajstić information content (AvgIpc) is 2.83. The van der Waals surface area contributed by atoms with Crippen LogP contribution in [-0.4, -0.2) is 42.3 Å². The highest BCUT2D eigenvalue weighted by Crippen LogP contribution is 2.26. The number of aliphatic imine (C=N–C) groups is 1. The number of methoxy groups -OCH3 is 1. The van der Waals surface area contributed by atoms with Crippen molar-refractivity contribution in [3.63, 3.8) is 0 Å². The van der Waals surface area contributed by atoms with Gasteiger partial charge in [0.25, 0.3) is 0 Å². The van der Waals surface area contributed by atoms with Gasteiger partial charge in [-0.1, -0.05) is 0 Å². The van der Waals surface area contributed by atoms with E-state index in [4.69, 9.17) is 9.84 Å². The second kappa shape index (κ2) is 6.15. The first-order chi connectivity index (χ1) is 9.33. The molecule has 1 aromatic heterocycles. The Morgan fingerprint density at radius 2 is 2.25 bits per heavy atom. The Hall–Kier alpha value is -1.72. The maximum atomic E-state index is 8.91. The van der Waals surface area contributed by atoms with Crippen molar-refractivity contribution in [2.45, 2.75) is 6.54 Å². The van der Waals surface area contributed by atoms with E-state index in [9.17, 15) is 0 Å². The molecule has 0 amide bonds. The second-order valence-electron chi connectivity index (χ2n) is 4.49. The predicted octanol–water partition coefficient (Wildman–Crippen LogP) is -2.00. The maximum absolute atomic E-state index is 8.91. The fraction of sp³-hybridized carbons (Fsp3) is 0.357. The number of hydrogen-bond acceptors (Lipinski definition) is 4. The van der Waals surface area contributed by atoms with Crippen molar-refractivity contribution in [2.24, 2.45) is 4.99 Å². The molecule has 0 unspecified atom stereocenters. The summed E-state index contributed by atoms with van der Waals surface area (Å²) in [5.41, 5.74) is 2.26. The van der Waals surface area contributed by atoms with Crippen molar-refractivity contribution in [2.75, 3.05) is 26.8 Å². The van der Waals surface area contributed by atoms with Crippen molar-refractivity contribution in [3.05, 3.63) is 30.0 Å².